The molecule has 0 aliphatic rings. The van der Waals surface area contributed by atoms with Crippen molar-refractivity contribution in [3.63, 3.8) is 0 Å². The Morgan fingerprint density at radius 2 is 1.32 bits per heavy atom. The van der Waals surface area contributed by atoms with Crippen LogP contribution in [0.5, 0.6) is 0 Å². The zero-order valence-corrected chi connectivity index (χ0v) is 22.8. The molecular formula is C40H25N3O. The minimum absolute atomic E-state index is 0.0461. The maximum atomic E-state index is 9.76. The molecule has 0 unspecified atom stereocenters. The van der Waals surface area contributed by atoms with Gasteiger partial charge in [0.1, 0.15) is 11.2 Å². The van der Waals surface area contributed by atoms with Crippen molar-refractivity contribution in [3.8, 4) is 39.6 Å². The smallest absolute Gasteiger partial charge is 0.160 e. The van der Waals surface area contributed by atoms with E-state index < -0.39 is 78.2 Å². The maximum Gasteiger partial charge on any atom is 0.160 e. The third-order valence-electron chi connectivity index (χ3n) is 7.56. The first-order chi connectivity index (χ1) is 26.8. The van der Waals surface area contributed by atoms with Crippen LogP contribution in [0.15, 0.2) is 156 Å². The summed E-state index contributed by atoms with van der Waals surface area (Å²) in [5, 5.41) is 1.27. The monoisotopic (exact) mass is 575 g/mol. The predicted octanol–water partition coefficient (Wildman–Crippen LogP) is 10.5. The molecule has 206 valence electrons. The van der Waals surface area contributed by atoms with E-state index in [1.807, 2.05) is 48.5 Å². The molecule has 4 heteroatoms. The summed E-state index contributed by atoms with van der Waals surface area (Å²) in [6, 6.07) is 16.3. The van der Waals surface area contributed by atoms with Crippen LogP contribution >= 0.6 is 0 Å². The van der Waals surface area contributed by atoms with Crippen LogP contribution in [0.1, 0.15) is 16.4 Å². The van der Waals surface area contributed by atoms with Crippen LogP contribution in [0.2, 0.25) is 0 Å². The summed E-state index contributed by atoms with van der Waals surface area (Å²) in [5.41, 5.74) is 1.57. The molecule has 0 bridgehead atoms. The second kappa shape index (κ2) is 9.79. The van der Waals surface area contributed by atoms with E-state index in [-0.39, 0.29) is 38.9 Å². The van der Waals surface area contributed by atoms with Gasteiger partial charge in [-0.3, -0.25) is 0 Å². The Morgan fingerprint density at radius 3 is 2.23 bits per heavy atom. The molecule has 44 heavy (non-hydrogen) atoms. The second-order valence-electron chi connectivity index (χ2n) is 10.1. The molecule has 0 amide bonds. The number of hydrogen-bond donors (Lipinski definition) is 0. The Hall–Kier alpha value is -6.00. The molecule has 0 aliphatic carbocycles. The van der Waals surface area contributed by atoms with E-state index in [1.54, 1.807) is 30.3 Å². The lowest BCUT2D eigenvalue weighted by atomic mass is 10.0. The van der Waals surface area contributed by atoms with Crippen molar-refractivity contribution in [2.75, 3.05) is 0 Å². The fourth-order valence-corrected chi connectivity index (χ4v) is 5.60. The topological polar surface area (TPSA) is 43.9 Å². The van der Waals surface area contributed by atoms with E-state index in [9.17, 15) is 4.11 Å². The number of hydrogen-bond acceptors (Lipinski definition) is 3. The van der Waals surface area contributed by atoms with Crippen LogP contribution in [0.25, 0.3) is 83.3 Å². The minimum Gasteiger partial charge on any atom is -0.455 e. The highest BCUT2D eigenvalue weighted by Crippen LogP contribution is 2.38. The number of fused-ring (bicyclic) bond motifs is 6. The van der Waals surface area contributed by atoms with Gasteiger partial charge in [-0.25, -0.2) is 9.97 Å². The fourth-order valence-electron chi connectivity index (χ4n) is 5.60. The summed E-state index contributed by atoms with van der Waals surface area (Å²) < 4.78 is 113. The van der Waals surface area contributed by atoms with Gasteiger partial charge < -0.3 is 8.98 Å². The summed E-state index contributed by atoms with van der Waals surface area (Å²) in [6.45, 7) is 0. The van der Waals surface area contributed by atoms with Crippen LogP contribution < -0.4 is 0 Å². The van der Waals surface area contributed by atoms with E-state index in [0.717, 1.165) is 15.3 Å². The van der Waals surface area contributed by atoms with Crippen LogP contribution in [0.3, 0.4) is 0 Å². The Morgan fingerprint density at radius 1 is 0.568 bits per heavy atom. The number of nitrogens with zero attached hydrogens (tertiary/aromatic N) is 3. The lowest BCUT2D eigenvalue weighted by molar-refractivity contribution is 0.670. The Kier molecular flexibility index (Phi) is 3.44. The van der Waals surface area contributed by atoms with Crippen LogP contribution in [-0.2, 0) is 0 Å². The van der Waals surface area contributed by atoms with Crippen molar-refractivity contribution >= 4 is 43.7 Å². The molecule has 0 fully saturated rings. The molecule has 6 aromatic carbocycles. The van der Waals surface area contributed by atoms with E-state index in [0.29, 0.717) is 28.0 Å². The highest BCUT2D eigenvalue weighted by Gasteiger charge is 2.18. The normalized spacial score (nSPS) is 15.5. The first-order valence-electron chi connectivity index (χ1n) is 19.8. The van der Waals surface area contributed by atoms with E-state index in [2.05, 4.69) is 0 Å². The number of rotatable bonds is 4. The van der Waals surface area contributed by atoms with Crippen LogP contribution in [-0.4, -0.2) is 14.5 Å². The molecule has 0 atom stereocenters. The van der Waals surface area contributed by atoms with Gasteiger partial charge in [0.05, 0.1) is 38.9 Å². The predicted molar refractivity (Wildman–Crippen MR) is 180 cm³/mol. The van der Waals surface area contributed by atoms with Crippen LogP contribution in [0.4, 0.5) is 0 Å². The van der Waals surface area contributed by atoms with Gasteiger partial charge in [0, 0.05) is 43.9 Å². The largest absolute Gasteiger partial charge is 0.455 e. The van der Waals surface area contributed by atoms with Gasteiger partial charge in [0.15, 0.2) is 5.82 Å². The average Bonchev–Trinajstić information content (AvgIpc) is 3.77. The molecule has 0 N–H and O–H groups in total. The summed E-state index contributed by atoms with van der Waals surface area (Å²) in [6.07, 6.45) is 0. The molecule has 0 radical (unpaired) electrons. The fraction of sp³-hybridized carbons (Fsp3) is 0. The van der Waals surface area contributed by atoms with E-state index >= 15 is 0 Å². The van der Waals surface area contributed by atoms with Crippen molar-refractivity contribution in [2.24, 2.45) is 0 Å². The van der Waals surface area contributed by atoms with Crippen molar-refractivity contribution in [3.05, 3.63) is 151 Å². The average molecular weight is 576 g/mol. The molecule has 3 heterocycles. The van der Waals surface area contributed by atoms with Crippen LogP contribution in [0, 0.1) is 0 Å². The molecule has 0 saturated heterocycles. The zero-order valence-electron chi connectivity index (χ0n) is 34.8. The second-order valence-corrected chi connectivity index (χ2v) is 10.1. The van der Waals surface area contributed by atoms with Gasteiger partial charge in [-0.1, -0.05) is 109 Å². The standard InChI is InChI=1S/C40H25N3O/c1-3-12-26(13-4-1)40-41-34(25-35(42-40)33-19-11-18-32-31-17-8-10-21-38(31)44-39(32)33)27-22-23-30-29-16-7-9-20-36(29)43(37(30)24-27)28-14-5-2-6-15-28/h1-25H/i2D,5D,6D,7D,9D,14D,15D,16D,20D,22D,23D,24D. The number of para-hydroxylation sites is 4. The molecule has 4 nitrogen and oxygen atoms in total. The number of furan rings is 1. The van der Waals surface area contributed by atoms with Gasteiger partial charge in [-0.2, -0.15) is 0 Å². The quantitative estimate of drug-likeness (QED) is 0.210. The lowest BCUT2D eigenvalue weighted by Crippen LogP contribution is -1.97. The highest BCUT2D eigenvalue weighted by atomic mass is 16.3. The zero-order chi connectivity index (χ0) is 39.5. The summed E-state index contributed by atoms with van der Waals surface area (Å²) in [5.74, 6) is 0.224. The Bertz CT molecular complexity index is 3150. The lowest BCUT2D eigenvalue weighted by Gasteiger charge is -2.11. The summed E-state index contributed by atoms with van der Waals surface area (Å²) in [4.78, 5) is 9.73. The van der Waals surface area contributed by atoms with Gasteiger partial charge in [-0.05, 0) is 42.4 Å². The van der Waals surface area contributed by atoms with Crippen molar-refractivity contribution < 1.29 is 20.9 Å². The van der Waals surface area contributed by atoms with E-state index in [1.165, 1.54) is 0 Å². The first kappa shape index (κ1) is 15.5. The van der Waals surface area contributed by atoms with E-state index in [4.69, 9.17) is 26.7 Å². The summed E-state index contributed by atoms with van der Waals surface area (Å²) in [7, 11) is 0. The Balaban J connectivity index is 1.45. The minimum atomic E-state index is -0.709. The molecule has 9 rings (SSSR count). The van der Waals surface area contributed by atoms with Crippen molar-refractivity contribution in [2.45, 2.75) is 0 Å². The third-order valence-corrected chi connectivity index (χ3v) is 7.56. The third kappa shape index (κ3) is 3.85. The summed E-state index contributed by atoms with van der Waals surface area (Å²) >= 11 is 0. The molecule has 0 spiro atoms. The van der Waals surface area contributed by atoms with Gasteiger partial charge >= 0.3 is 0 Å². The van der Waals surface area contributed by atoms with Gasteiger partial charge in [0.2, 0.25) is 0 Å². The number of benzene rings is 6. The molecule has 0 aliphatic heterocycles. The Labute approximate surface area is 270 Å². The SMILES string of the molecule is [2H]c1c([2H])c([2H])c(-n2c3c([2H])c([2H])c([2H])c([2H])c3c3c([2H])c([2H])c(-c4cc(-c5cccc6c5oc5ccccc56)nc(-c5ccccc5)n4)c([2H])c32)c([2H])c1[2H]. The first-order valence-corrected chi connectivity index (χ1v) is 13.8. The molecule has 3 aromatic heterocycles. The molecule has 0 saturated carbocycles. The van der Waals surface area contributed by atoms with Gasteiger partial charge in [0.25, 0.3) is 0 Å². The number of aromatic nitrogens is 3. The molecule has 9 aromatic rings. The van der Waals surface area contributed by atoms with Crippen molar-refractivity contribution in [1.29, 1.82) is 0 Å². The molecular weight excluding hydrogens is 538 g/mol. The maximum absolute atomic E-state index is 9.76. The van der Waals surface area contributed by atoms with Crippen molar-refractivity contribution in [1.82, 2.24) is 14.5 Å². The van der Waals surface area contributed by atoms with Gasteiger partial charge in [-0.15, -0.1) is 0 Å². The highest BCUT2D eigenvalue weighted by molar-refractivity contribution is 6.11.